The first kappa shape index (κ1) is 20.6. The molecule has 1 heterocycles. The molecule has 2 aromatic rings. The van der Waals surface area contributed by atoms with Crippen LogP contribution in [0, 0.1) is 12.8 Å². The number of piperidine rings is 1. The minimum atomic E-state index is -0.379. The topological polar surface area (TPSA) is 75.7 Å². The fraction of sp³-hybridized carbons (Fsp3) is 0.348. The van der Waals surface area contributed by atoms with Gasteiger partial charge in [0.15, 0.2) is 0 Å². The summed E-state index contributed by atoms with van der Waals surface area (Å²) in [7, 11) is 0. The van der Waals surface area contributed by atoms with Gasteiger partial charge in [0.2, 0.25) is 5.91 Å². The van der Waals surface area contributed by atoms with Crippen molar-refractivity contribution >= 4 is 23.5 Å². The fourth-order valence-electron chi connectivity index (χ4n) is 3.45. The highest BCUT2D eigenvalue weighted by atomic mass is 16.5. The van der Waals surface area contributed by atoms with Crippen LogP contribution in [0.4, 0.5) is 5.69 Å². The number of hydrogen-bond donors (Lipinski definition) is 1. The van der Waals surface area contributed by atoms with E-state index in [9.17, 15) is 14.4 Å². The molecule has 1 N–H and O–H groups in total. The molecule has 2 amide bonds. The highest BCUT2D eigenvalue weighted by Gasteiger charge is 2.28. The number of rotatable bonds is 5. The summed E-state index contributed by atoms with van der Waals surface area (Å²) in [5.41, 5.74) is 2.84. The van der Waals surface area contributed by atoms with Crippen LogP contribution < -0.4 is 5.32 Å². The Morgan fingerprint density at radius 1 is 1.03 bits per heavy atom. The lowest BCUT2D eigenvalue weighted by molar-refractivity contribution is -0.121. The number of likely N-dealkylation sites (tertiary alicyclic amines) is 1. The number of nitrogens with zero attached hydrogens (tertiary/aromatic N) is 1. The van der Waals surface area contributed by atoms with Crippen molar-refractivity contribution in [1.82, 2.24) is 4.90 Å². The lowest BCUT2D eigenvalue weighted by atomic mass is 9.95. The largest absolute Gasteiger partial charge is 0.462 e. The van der Waals surface area contributed by atoms with Gasteiger partial charge in [0.25, 0.3) is 5.91 Å². The van der Waals surface area contributed by atoms with Gasteiger partial charge in [-0.25, -0.2) is 4.79 Å². The second-order valence-electron chi connectivity index (χ2n) is 7.22. The second-order valence-corrected chi connectivity index (χ2v) is 7.22. The van der Waals surface area contributed by atoms with E-state index in [0.29, 0.717) is 49.4 Å². The third kappa shape index (κ3) is 5.22. The summed E-state index contributed by atoms with van der Waals surface area (Å²) in [5, 5.41) is 2.90. The number of esters is 1. The van der Waals surface area contributed by atoms with E-state index in [1.54, 1.807) is 31.2 Å². The number of amides is 2. The van der Waals surface area contributed by atoms with Gasteiger partial charge >= 0.3 is 5.97 Å². The average molecular weight is 394 g/mol. The molecule has 3 rings (SSSR count). The Morgan fingerprint density at radius 3 is 2.34 bits per heavy atom. The van der Waals surface area contributed by atoms with Gasteiger partial charge in [-0.15, -0.1) is 0 Å². The minimum absolute atomic E-state index is 0.0158. The number of carbonyl (C=O) groups is 3. The molecule has 1 saturated heterocycles. The van der Waals surface area contributed by atoms with Crippen LogP contribution in [-0.4, -0.2) is 42.4 Å². The van der Waals surface area contributed by atoms with E-state index >= 15 is 0 Å². The summed E-state index contributed by atoms with van der Waals surface area (Å²) in [5.74, 6) is -0.559. The van der Waals surface area contributed by atoms with E-state index in [1.807, 2.05) is 36.1 Å². The number of hydrogen-bond acceptors (Lipinski definition) is 4. The maximum atomic E-state index is 12.6. The van der Waals surface area contributed by atoms with E-state index in [2.05, 4.69) is 5.32 Å². The SMILES string of the molecule is CCOC(=O)c1ccc(NC(=O)C2CCN(C(=O)c3cccc(C)c3)CC2)cc1. The summed E-state index contributed by atoms with van der Waals surface area (Å²) in [6.45, 7) is 5.17. The predicted molar refractivity (Wildman–Crippen MR) is 111 cm³/mol. The Hall–Kier alpha value is -3.15. The Labute approximate surface area is 170 Å². The minimum Gasteiger partial charge on any atom is -0.462 e. The zero-order chi connectivity index (χ0) is 20.8. The van der Waals surface area contributed by atoms with Gasteiger partial charge in [-0.3, -0.25) is 9.59 Å². The third-order valence-electron chi connectivity index (χ3n) is 5.08. The Bertz CT molecular complexity index is 884. The molecule has 2 aromatic carbocycles. The molecule has 0 saturated carbocycles. The molecule has 1 fully saturated rings. The fourth-order valence-corrected chi connectivity index (χ4v) is 3.45. The van der Waals surface area contributed by atoms with E-state index in [0.717, 1.165) is 5.56 Å². The van der Waals surface area contributed by atoms with Crippen molar-refractivity contribution in [2.75, 3.05) is 25.0 Å². The molecule has 6 nitrogen and oxygen atoms in total. The maximum Gasteiger partial charge on any atom is 0.338 e. The van der Waals surface area contributed by atoms with Crippen LogP contribution in [-0.2, 0) is 9.53 Å². The highest BCUT2D eigenvalue weighted by Crippen LogP contribution is 2.21. The first-order valence-corrected chi connectivity index (χ1v) is 9.92. The van der Waals surface area contributed by atoms with E-state index < -0.39 is 0 Å². The summed E-state index contributed by atoms with van der Waals surface area (Å²) in [6, 6.07) is 14.2. The Kier molecular flexibility index (Phi) is 6.65. The predicted octanol–water partition coefficient (Wildman–Crippen LogP) is 3.66. The molecule has 0 atom stereocenters. The molecule has 1 aliphatic heterocycles. The van der Waals surface area contributed by atoms with Gasteiger partial charge in [-0.2, -0.15) is 0 Å². The normalized spacial score (nSPS) is 14.3. The lowest BCUT2D eigenvalue weighted by Gasteiger charge is -2.31. The second kappa shape index (κ2) is 9.37. The zero-order valence-corrected chi connectivity index (χ0v) is 16.8. The summed E-state index contributed by atoms with van der Waals surface area (Å²) >= 11 is 0. The highest BCUT2D eigenvalue weighted by molar-refractivity contribution is 5.96. The van der Waals surface area contributed by atoms with Crippen molar-refractivity contribution in [2.24, 2.45) is 5.92 Å². The summed E-state index contributed by atoms with van der Waals surface area (Å²) < 4.78 is 4.95. The standard InChI is InChI=1S/C23H26N2O4/c1-3-29-23(28)18-7-9-20(10-8-18)24-21(26)17-11-13-25(14-12-17)22(27)19-6-4-5-16(2)15-19/h4-10,15,17H,3,11-14H2,1-2H3,(H,24,26). The van der Waals surface area contributed by atoms with Crippen molar-refractivity contribution < 1.29 is 19.1 Å². The molecule has 0 unspecified atom stereocenters. The average Bonchev–Trinajstić information content (AvgIpc) is 2.74. The molecule has 6 heteroatoms. The van der Waals surface area contributed by atoms with Crippen molar-refractivity contribution in [2.45, 2.75) is 26.7 Å². The van der Waals surface area contributed by atoms with E-state index in [4.69, 9.17) is 4.74 Å². The van der Waals surface area contributed by atoms with Gasteiger partial charge < -0.3 is 15.0 Å². The number of benzene rings is 2. The number of aryl methyl sites for hydroxylation is 1. The van der Waals surface area contributed by atoms with Crippen LogP contribution in [0.2, 0.25) is 0 Å². The molecule has 1 aliphatic rings. The van der Waals surface area contributed by atoms with Crippen molar-refractivity contribution in [3.8, 4) is 0 Å². The quantitative estimate of drug-likeness (QED) is 0.785. The molecule has 0 aliphatic carbocycles. The molecule has 0 radical (unpaired) electrons. The van der Waals surface area contributed by atoms with Crippen LogP contribution in [0.25, 0.3) is 0 Å². The van der Waals surface area contributed by atoms with Gasteiger partial charge in [-0.1, -0.05) is 17.7 Å². The van der Waals surface area contributed by atoms with Crippen LogP contribution >= 0.6 is 0 Å². The molecule has 152 valence electrons. The Morgan fingerprint density at radius 2 is 1.72 bits per heavy atom. The molecular weight excluding hydrogens is 368 g/mol. The number of anilines is 1. The van der Waals surface area contributed by atoms with E-state index in [1.165, 1.54) is 0 Å². The first-order chi connectivity index (χ1) is 14.0. The smallest absolute Gasteiger partial charge is 0.338 e. The van der Waals surface area contributed by atoms with Crippen molar-refractivity contribution in [3.63, 3.8) is 0 Å². The number of nitrogens with one attached hydrogen (secondary N) is 1. The van der Waals surface area contributed by atoms with Crippen molar-refractivity contribution in [3.05, 3.63) is 65.2 Å². The summed E-state index contributed by atoms with van der Waals surface area (Å²) in [4.78, 5) is 38.7. The monoisotopic (exact) mass is 394 g/mol. The third-order valence-corrected chi connectivity index (χ3v) is 5.08. The zero-order valence-electron chi connectivity index (χ0n) is 16.8. The van der Waals surface area contributed by atoms with Crippen LogP contribution in [0.5, 0.6) is 0 Å². The lowest BCUT2D eigenvalue weighted by Crippen LogP contribution is -2.41. The molecule has 0 spiro atoms. The molecular formula is C23H26N2O4. The number of carbonyl (C=O) groups excluding carboxylic acids is 3. The Balaban J connectivity index is 1.52. The van der Waals surface area contributed by atoms with Crippen molar-refractivity contribution in [1.29, 1.82) is 0 Å². The maximum absolute atomic E-state index is 12.6. The van der Waals surface area contributed by atoms with Gasteiger partial charge in [0, 0.05) is 30.3 Å². The molecule has 29 heavy (non-hydrogen) atoms. The molecule has 0 aromatic heterocycles. The van der Waals surface area contributed by atoms with Crippen LogP contribution in [0.15, 0.2) is 48.5 Å². The summed E-state index contributed by atoms with van der Waals surface area (Å²) in [6.07, 6.45) is 1.26. The first-order valence-electron chi connectivity index (χ1n) is 9.92. The number of ether oxygens (including phenoxy) is 1. The molecule has 0 bridgehead atoms. The van der Waals surface area contributed by atoms with Gasteiger partial charge in [0.1, 0.15) is 0 Å². The van der Waals surface area contributed by atoms with E-state index in [-0.39, 0.29) is 23.7 Å². The van der Waals surface area contributed by atoms with Gasteiger partial charge in [-0.05, 0) is 63.1 Å². The van der Waals surface area contributed by atoms with Crippen LogP contribution in [0.1, 0.15) is 46.0 Å². The van der Waals surface area contributed by atoms with Crippen LogP contribution in [0.3, 0.4) is 0 Å². The van der Waals surface area contributed by atoms with Gasteiger partial charge in [0.05, 0.1) is 12.2 Å².